The van der Waals surface area contributed by atoms with Crippen molar-refractivity contribution in [2.45, 2.75) is 54.5 Å². The first-order valence-corrected chi connectivity index (χ1v) is 10.2. The summed E-state index contributed by atoms with van der Waals surface area (Å²) in [5.74, 6) is -3.18. The maximum absolute atomic E-state index is 13.4. The zero-order valence-corrected chi connectivity index (χ0v) is 16.4. The average Bonchev–Trinajstić information content (AvgIpc) is 3.12. The lowest BCUT2D eigenvalue weighted by molar-refractivity contribution is -0.137. The number of benzene rings is 1. The molecule has 0 radical (unpaired) electrons. The Bertz CT molecular complexity index is 997. The molecule has 1 aliphatic heterocycles. The lowest BCUT2D eigenvalue weighted by Crippen LogP contribution is -2.42. The molecule has 1 N–H and O–H groups in total. The molecule has 2 aromatic rings. The summed E-state index contributed by atoms with van der Waals surface area (Å²) in [5.41, 5.74) is -1.38. The Morgan fingerprint density at radius 2 is 1.90 bits per heavy atom. The molecule has 1 aliphatic rings. The molecule has 0 bridgehead atoms. The topological polar surface area (TPSA) is 72.1 Å². The molecule has 5 nitrogen and oxygen atoms in total. The number of hydrogen-bond acceptors (Lipinski definition) is 4. The van der Waals surface area contributed by atoms with Crippen LogP contribution in [0.15, 0.2) is 35.2 Å². The largest absolute Gasteiger partial charge is 0.416 e. The smallest absolute Gasteiger partial charge is 0.372 e. The predicted octanol–water partition coefficient (Wildman–Crippen LogP) is 4.62. The Hall–Kier alpha value is -2.01. The van der Waals surface area contributed by atoms with Gasteiger partial charge in [0.15, 0.2) is 9.84 Å². The number of H-pyrrole nitrogens is 1. The first-order valence-electron chi connectivity index (χ1n) is 8.71. The van der Waals surface area contributed by atoms with Crippen molar-refractivity contribution in [3.05, 3.63) is 47.3 Å². The number of hydrogen-bond donors (Lipinski definition) is 1. The van der Waals surface area contributed by atoms with Crippen LogP contribution >= 0.6 is 0 Å². The number of ether oxygens (including phenoxy) is 1. The molecule has 2 unspecified atom stereocenters. The van der Waals surface area contributed by atoms with Crippen molar-refractivity contribution in [2.75, 3.05) is 6.61 Å². The summed E-state index contributed by atoms with van der Waals surface area (Å²) in [5, 5.41) is 5.98. The second-order valence-electron chi connectivity index (χ2n) is 7.39. The van der Waals surface area contributed by atoms with Crippen molar-refractivity contribution >= 4 is 9.84 Å². The van der Waals surface area contributed by atoms with E-state index in [2.05, 4.69) is 10.2 Å². The highest BCUT2D eigenvalue weighted by Crippen LogP contribution is 2.43. The molecule has 2 atom stereocenters. The normalized spacial score (nSPS) is 23.9. The fourth-order valence-electron chi connectivity index (χ4n) is 3.26. The van der Waals surface area contributed by atoms with Crippen LogP contribution in [0.4, 0.5) is 22.0 Å². The van der Waals surface area contributed by atoms with Gasteiger partial charge in [-0.15, -0.1) is 0 Å². The van der Waals surface area contributed by atoms with Gasteiger partial charge in [-0.3, -0.25) is 5.10 Å². The Labute approximate surface area is 164 Å². The summed E-state index contributed by atoms with van der Waals surface area (Å²) < 4.78 is 96.2. The summed E-state index contributed by atoms with van der Waals surface area (Å²) in [6.07, 6.45) is -5.62. The van der Waals surface area contributed by atoms with Crippen molar-refractivity contribution in [3.8, 4) is 0 Å². The van der Waals surface area contributed by atoms with Gasteiger partial charge in [-0.2, -0.15) is 27.1 Å². The van der Waals surface area contributed by atoms with Gasteiger partial charge in [0.05, 0.1) is 20.9 Å². The molecule has 1 fully saturated rings. The van der Waals surface area contributed by atoms with Crippen LogP contribution in [0.1, 0.15) is 49.7 Å². The fraction of sp³-hybridized carbons (Fsp3) is 0.500. The maximum Gasteiger partial charge on any atom is 0.416 e. The van der Waals surface area contributed by atoms with E-state index in [1.54, 1.807) is 0 Å². The Balaban J connectivity index is 1.92. The average molecular weight is 438 g/mol. The van der Waals surface area contributed by atoms with E-state index in [0.29, 0.717) is 13.0 Å². The molecular formula is C18H19F5N2O3S. The molecule has 0 spiro atoms. The van der Waals surface area contributed by atoms with Crippen LogP contribution in [0.25, 0.3) is 0 Å². The Morgan fingerprint density at radius 1 is 1.21 bits per heavy atom. The molecule has 1 saturated heterocycles. The zero-order valence-electron chi connectivity index (χ0n) is 15.6. The summed E-state index contributed by atoms with van der Waals surface area (Å²) in [4.78, 5) is -0.444. The number of alkyl halides is 5. The van der Waals surface area contributed by atoms with Gasteiger partial charge in [0, 0.05) is 13.5 Å². The second kappa shape index (κ2) is 7.05. The first kappa shape index (κ1) is 21.7. The third-order valence-electron chi connectivity index (χ3n) is 5.08. The van der Waals surface area contributed by atoms with Crippen molar-refractivity contribution in [1.82, 2.24) is 10.2 Å². The van der Waals surface area contributed by atoms with Gasteiger partial charge in [0.25, 0.3) is 5.92 Å². The molecule has 1 aromatic heterocycles. The number of halogens is 5. The van der Waals surface area contributed by atoms with Crippen molar-refractivity contribution in [2.24, 2.45) is 0 Å². The minimum Gasteiger partial charge on any atom is -0.372 e. The zero-order chi connectivity index (χ0) is 21.7. The van der Waals surface area contributed by atoms with Gasteiger partial charge in [-0.25, -0.2) is 8.42 Å². The molecule has 0 saturated carbocycles. The lowest BCUT2D eigenvalue weighted by Gasteiger charge is -2.37. The standard InChI is InChI=1S/C18H19F5N2O3S/c1-16(29(26,27)12-5-3-4-11(8-12)18(21,22)23)6-7-28-14(10-16)13-9-15(25-24-13)17(2,19)20/h3-5,8-9,14H,6-7,10H2,1-2H3,(H,24,25). The third kappa shape index (κ3) is 4.16. The van der Waals surface area contributed by atoms with Gasteiger partial charge < -0.3 is 4.74 Å². The van der Waals surface area contributed by atoms with Gasteiger partial charge >= 0.3 is 6.18 Å². The third-order valence-corrected chi connectivity index (χ3v) is 7.62. The highest BCUT2D eigenvalue weighted by molar-refractivity contribution is 7.92. The SMILES string of the molecule is CC(F)(F)c1cc(C2CC(C)(S(=O)(=O)c3cccc(C(F)(F)F)c3)CCO2)[nH]n1. The molecule has 0 aliphatic carbocycles. The van der Waals surface area contributed by atoms with Crippen molar-refractivity contribution in [3.63, 3.8) is 0 Å². The lowest BCUT2D eigenvalue weighted by atomic mass is 9.94. The van der Waals surface area contributed by atoms with Crippen molar-refractivity contribution < 1.29 is 35.1 Å². The van der Waals surface area contributed by atoms with E-state index in [-0.39, 0.29) is 25.1 Å². The summed E-state index contributed by atoms with van der Waals surface area (Å²) in [7, 11) is -4.17. The summed E-state index contributed by atoms with van der Waals surface area (Å²) in [6.45, 7) is 2.09. The van der Waals surface area contributed by atoms with E-state index in [0.717, 1.165) is 24.3 Å². The number of nitrogens with one attached hydrogen (secondary N) is 1. The molecule has 2 heterocycles. The molecular weight excluding hydrogens is 419 g/mol. The molecule has 3 rings (SSSR count). The molecule has 0 amide bonds. The summed E-state index contributed by atoms with van der Waals surface area (Å²) in [6, 6.07) is 4.67. The van der Waals surface area contributed by atoms with Crippen LogP contribution in [0, 0.1) is 0 Å². The van der Waals surface area contributed by atoms with Gasteiger partial charge in [-0.05, 0) is 44.0 Å². The Morgan fingerprint density at radius 3 is 2.48 bits per heavy atom. The van der Waals surface area contributed by atoms with E-state index in [9.17, 15) is 30.4 Å². The first-order chi connectivity index (χ1) is 13.2. The van der Waals surface area contributed by atoms with E-state index < -0.39 is 48.9 Å². The number of nitrogens with zero attached hydrogens (tertiary/aromatic N) is 1. The minimum atomic E-state index is -4.68. The quantitative estimate of drug-likeness (QED) is 0.707. The number of rotatable bonds is 4. The van der Waals surface area contributed by atoms with Crippen LogP contribution in [-0.4, -0.2) is 30.0 Å². The molecule has 29 heavy (non-hydrogen) atoms. The Kier molecular flexibility index (Phi) is 5.27. The minimum absolute atomic E-state index is 0.00374. The van der Waals surface area contributed by atoms with E-state index >= 15 is 0 Å². The van der Waals surface area contributed by atoms with Gasteiger partial charge in [0.2, 0.25) is 0 Å². The van der Waals surface area contributed by atoms with Crippen LogP contribution in [0.2, 0.25) is 0 Å². The maximum atomic E-state index is 13.4. The van der Waals surface area contributed by atoms with Gasteiger partial charge in [0.1, 0.15) is 11.8 Å². The second-order valence-corrected chi connectivity index (χ2v) is 9.85. The van der Waals surface area contributed by atoms with E-state index in [1.165, 1.54) is 6.92 Å². The highest BCUT2D eigenvalue weighted by Gasteiger charge is 2.46. The number of aromatic amines is 1. The van der Waals surface area contributed by atoms with E-state index in [1.807, 2.05) is 0 Å². The fourth-order valence-corrected chi connectivity index (χ4v) is 5.10. The van der Waals surface area contributed by atoms with Crippen LogP contribution < -0.4 is 0 Å². The predicted molar refractivity (Wildman–Crippen MR) is 93.1 cm³/mol. The summed E-state index contributed by atoms with van der Waals surface area (Å²) >= 11 is 0. The van der Waals surface area contributed by atoms with Crippen LogP contribution in [-0.2, 0) is 26.7 Å². The molecule has 160 valence electrons. The molecule has 1 aromatic carbocycles. The van der Waals surface area contributed by atoms with Crippen LogP contribution in [0.5, 0.6) is 0 Å². The monoisotopic (exact) mass is 438 g/mol. The van der Waals surface area contributed by atoms with Gasteiger partial charge in [-0.1, -0.05) is 6.07 Å². The van der Waals surface area contributed by atoms with Crippen LogP contribution in [0.3, 0.4) is 0 Å². The number of aromatic nitrogens is 2. The molecule has 11 heteroatoms. The highest BCUT2D eigenvalue weighted by atomic mass is 32.2. The van der Waals surface area contributed by atoms with E-state index in [4.69, 9.17) is 4.74 Å². The number of sulfone groups is 1. The van der Waals surface area contributed by atoms with Crippen molar-refractivity contribution in [1.29, 1.82) is 0 Å².